The van der Waals surface area contributed by atoms with Gasteiger partial charge in [0.05, 0.1) is 14.2 Å². The van der Waals surface area contributed by atoms with Crippen molar-refractivity contribution in [1.82, 2.24) is 0 Å². The maximum absolute atomic E-state index is 11.6. The van der Waals surface area contributed by atoms with Gasteiger partial charge in [0.15, 0.2) is 5.92 Å². The first-order valence-electron chi connectivity index (χ1n) is 6.47. The molecule has 0 bridgehead atoms. The molecule has 0 saturated carbocycles. The largest absolute Gasteiger partial charge is 0.468 e. The fraction of sp³-hybridized carbons (Fsp3) is 0.375. The topological polar surface area (TPSA) is 72.8 Å². The van der Waals surface area contributed by atoms with Crippen molar-refractivity contribution in [2.45, 2.75) is 12.8 Å². The minimum atomic E-state index is -0.946. The Morgan fingerprint density at radius 1 is 1.19 bits per heavy atom. The number of methoxy groups -OCH3 is 2. The zero-order valence-electron chi connectivity index (χ0n) is 12.1. The number of aliphatic hydroxyl groups is 1. The van der Waals surface area contributed by atoms with Crippen LogP contribution in [-0.4, -0.2) is 37.9 Å². The number of hydrogen-bond acceptors (Lipinski definition) is 5. The number of benzene rings is 1. The smallest absolute Gasteiger partial charge is 0.320 e. The van der Waals surface area contributed by atoms with E-state index in [0.29, 0.717) is 6.42 Å². The molecule has 0 aliphatic heterocycles. The van der Waals surface area contributed by atoms with Gasteiger partial charge in [0.1, 0.15) is 6.61 Å². The Kier molecular flexibility index (Phi) is 6.99. The maximum atomic E-state index is 11.6. The molecule has 0 aliphatic rings. The average molecular weight is 290 g/mol. The summed E-state index contributed by atoms with van der Waals surface area (Å²) in [5.74, 6) is 3.26. The number of hydrogen-bond donors (Lipinski definition) is 1. The fourth-order valence-corrected chi connectivity index (χ4v) is 1.91. The van der Waals surface area contributed by atoms with Gasteiger partial charge in [-0.2, -0.15) is 0 Å². The summed E-state index contributed by atoms with van der Waals surface area (Å²) in [5, 5.41) is 8.75. The van der Waals surface area contributed by atoms with Gasteiger partial charge in [0.25, 0.3) is 0 Å². The first-order valence-corrected chi connectivity index (χ1v) is 6.47. The molecule has 0 fully saturated rings. The SMILES string of the molecule is COC(=O)C(CCc1ccccc1C#CCO)C(=O)OC. The predicted molar refractivity (Wildman–Crippen MR) is 76.2 cm³/mol. The lowest BCUT2D eigenvalue weighted by molar-refractivity contribution is -0.159. The van der Waals surface area contributed by atoms with Crippen LogP contribution in [-0.2, 0) is 25.5 Å². The van der Waals surface area contributed by atoms with E-state index in [1.807, 2.05) is 24.3 Å². The normalized spacial score (nSPS) is 9.71. The van der Waals surface area contributed by atoms with Crippen molar-refractivity contribution in [3.63, 3.8) is 0 Å². The molecule has 0 aromatic heterocycles. The van der Waals surface area contributed by atoms with Crippen LogP contribution in [0.3, 0.4) is 0 Å². The molecule has 1 aromatic rings. The summed E-state index contributed by atoms with van der Waals surface area (Å²) in [7, 11) is 2.47. The first-order chi connectivity index (χ1) is 10.1. The highest BCUT2D eigenvalue weighted by atomic mass is 16.5. The van der Waals surface area contributed by atoms with Crippen LogP contribution in [0.5, 0.6) is 0 Å². The molecule has 0 unspecified atom stereocenters. The van der Waals surface area contributed by atoms with Crippen molar-refractivity contribution in [3.8, 4) is 11.8 Å². The van der Waals surface area contributed by atoms with Crippen molar-refractivity contribution in [3.05, 3.63) is 35.4 Å². The highest BCUT2D eigenvalue weighted by molar-refractivity contribution is 5.94. The molecule has 1 rings (SSSR count). The zero-order valence-corrected chi connectivity index (χ0v) is 12.1. The van der Waals surface area contributed by atoms with E-state index in [-0.39, 0.29) is 13.0 Å². The third-order valence-electron chi connectivity index (χ3n) is 2.99. The van der Waals surface area contributed by atoms with Crippen molar-refractivity contribution in [2.24, 2.45) is 5.92 Å². The Morgan fingerprint density at radius 3 is 2.38 bits per heavy atom. The van der Waals surface area contributed by atoms with E-state index in [1.54, 1.807) is 0 Å². The zero-order chi connectivity index (χ0) is 15.7. The second kappa shape index (κ2) is 8.77. The number of rotatable bonds is 5. The Hall–Kier alpha value is -2.32. The molecule has 1 N–H and O–H groups in total. The average Bonchev–Trinajstić information content (AvgIpc) is 2.53. The molecular formula is C16H18O5. The van der Waals surface area contributed by atoms with E-state index in [9.17, 15) is 9.59 Å². The highest BCUT2D eigenvalue weighted by Crippen LogP contribution is 2.16. The van der Waals surface area contributed by atoms with E-state index in [0.717, 1.165) is 11.1 Å². The molecule has 5 heteroatoms. The van der Waals surface area contributed by atoms with Gasteiger partial charge in [-0.15, -0.1) is 0 Å². The first kappa shape index (κ1) is 16.7. The van der Waals surface area contributed by atoms with E-state index >= 15 is 0 Å². The summed E-state index contributed by atoms with van der Waals surface area (Å²) in [6.45, 7) is -0.221. The third-order valence-corrected chi connectivity index (χ3v) is 2.99. The van der Waals surface area contributed by atoms with Crippen LogP contribution >= 0.6 is 0 Å². The maximum Gasteiger partial charge on any atom is 0.320 e. The highest BCUT2D eigenvalue weighted by Gasteiger charge is 2.28. The molecule has 0 heterocycles. The molecule has 112 valence electrons. The van der Waals surface area contributed by atoms with Gasteiger partial charge in [-0.3, -0.25) is 9.59 Å². The van der Waals surface area contributed by atoms with Gasteiger partial charge < -0.3 is 14.6 Å². The third kappa shape index (κ3) is 4.93. The number of aliphatic hydroxyl groups excluding tert-OH is 1. The lowest BCUT2D eigenvalue weighted by atomic mass is 9.96. The Balaban J connectivity index is 2.85. The van der Waals surface area contributed by atoms with Crippen LogP contribution < -0.4 is 0 Å². The van der Waals surface area contributed by atoms with Crippen molar-refractivity contribution in [1.29, 1.82) is 0 Å². The van der Waals surface area contributed by atoms with Crippen LogP contribution in [0.2, 0.25) is 0 Å². The number of carbonyl (C=O) groups is 2. The lowest BCUT2D eigenvalue weighted by Crippen LogP contribution is -2.27. The van der Waals surface area contributed by atoms with Crippen molar-refractivity contribution in [2.75, 3.05) is 20.8 Å². The van der Waals surface area contributed by atoms with Gasteiger partial charge in [-0.1, -0.05) is 30.0 Å². The summed E-state index contributed by atoms with van der Waals surface area (Å²) in [6, 6.07) is 7.38. The number of carbonyl (C=O) groups excluding carboxylic acids is 2. The molecule has 0 amide bonds. The molecule has 0 radical (unpaired) electrons. The minimum absolute atomic E-state index is 0.221. The summed E-state index contributed by atoms with van der Waals surface area (Å²) in [5.41, 5.74) is 1.66. The van der Waals surface area contributed by atoms with E-state index in [4.69, 9.17) is 5.11 Å². The number of ether oxygens (including phenoxy) is 2. The Bertz CT molecular complexity index is 537. The predicted octanol–water partition coefficient (Wildman–Crippen LogP) is 0.925. The number of aryl methyl sites for hydroxylation is 1. The molecule has 0 spiro atoms. The quantitative estimate of drug-likeness (QED) is 0.496. The standard InChI is InChI=1S/C16H18O5/c1-20-15(18)14(16(19)21-2)10-9-13-7-4-3-6-12(13)8-5-11-17/h3-4,6-7,14,17H,9-11H2,1-2H3. The fourth-order valence-electron chi connectivity index (χ4n) is 1.91. The van der Waals surface area contributed by atoms with Gasteiger partial charge in [-0.25, -0.2) is 0 Å². The van der Waals surface area contributed by atoms with Crippen molar-refractivity contribution >= 4 is 11.9 Å². The molecule has 1 aromatic carbocycles. The summed E-state index contributed by atoms with van der Waals surface area (Å²) >= 11 is 0. The Labute approximate surface area is 123 Å². The monoisotopic (exact) mass is 290 g/mol. The molecule has 0 aliphatic carbocycles. The molecule has 0 saturated heterocycles. The molecular weight excluding hydrogens is 272 g/mol. The van der Waals surface area contributed by atoms with E-state index in [1.165, 1.54) is 14.2 Å². The van der Waals surface area contributed by atoms with Crippen LogP contribution in [0, 0.1) is 17.8 Å². The summed E-state index contributed by atoms with van der Waals surface area (Å²) in [4.78, 5) is 23.2. The molecule has 21 heavy (non-hydrogen) atoms. The van der Waals surface area contributed by atoms with E-state index in [2.05, 4.69) is 21.3 Å². The number of esters is 2. The molecule has 0 atom stereocenters. The Morgan fingerprint density at radius 2 is 1.81 bits per heavy atom. The van der Waals surface area contributed by atoms with Crippen molar-refractivity contribution < 1.29 is 24.2 Å². The van der Waals surface area contributed by atoms with E-state index < -0.39 is 17.9 Å². The summed E-state index contributed by atoms with van der Waals surface area (Å²) < 4.78 is 9.24. The second-order valence-electron chi connectivity index (χ2n) is 4.25. The van der Waals surface area contributed by atoms with Crippen LogP contribution in [0.25, 0.3) is 0 Å². The van der Waals surface area contributed by atoms with Gasteiger partial charge in [0, 0.05) is 5.56 Å². The molecule has 5 nitrogen and oxygen atoms in total. The van der Waals surface area contributed by atoms with Gasteiger partial charge in [-0.05, 0) is 24.5 Å². The summed E-state index contributed by atoms with van der Waals surface area (Å²) in [6.07, 6.45) is 0.752. The van der Waals surface area contributed by atoms with Gasteiger partial charge in [0.2, 0.25) is 0 Å². The van der Waals surface area contributed by atoms with Crippen LogP contribution in [0.1, 0.15) is 17.5 Å². The van der Waals surface area contributed by atoms with Crippen LogP contribution in [0.4, 0.5) is 0 Å². The lowest BCUT2D eigenvalue weighted by Gasteiger charge is -2.12. The van der Waals surface area contributed by atoms with Gasteiger partial charge >= 0.3 is 11.9 Å². The van der Waals surface area contributed by atoms with Crippen LogP contribution in [0.15, 0.2) is 24.3 Å². The second-order valence-corrected chi connectivity index (χ2v) is 4.25. The minimum Gasteiger partial charge on any atom is -0.468 e.